The number of hydrogen-bond donors (Lipinski definition) is 1. The fourth-order valence-corrected chi connectivity index (χ4v) is 2.30. The third-order valence-corrected chi connectivity index (χ3v) is 3.76. The van der Waals surface area contributed by atoms with Crippen molar-refractivity contribution in [1.29, 1.82) is 0 Å². The Hall–Kier alpha value is -0.870. The van der Waals surface area contributed by atoms with Crippen LogP contribution in [0.3, 0.4) is 0 Å². The molecule has 1 fully saturated rings. The molecule has 0 radical (unpaired) electrons. The van der Waals surface area contributed by atoms with E-state index in [0.29, 0.717) is 11.5 Å². The summed E-state index contributed by atoms with van der Waals surface area (Å²) in [5.74, 6) is 0. The lowest BCUT2D eigenvalue weighted by molar-refractivity contribution is 0.0240. The molecule has 0 bridgehead atoms. The van der Waals surface area contributed by atoms with Crippen molar-refractivity contribution in [3.05, 3.63) is 18.0 Å². The molecule has 18 heavy (non-hydrogen) atoms. The van der Waals surface area contributed by atoms with Gasteiger partial charge in [0.2, 0.25) is 0 Å². The number of rotatable bonds is 5. The van der Waals surface area contributed by atoms with Gasteiger partial charge in [-0.05, 0) is 32.1 Å². The Kier molecular flexibility index (Phi) is 4.40. The number of nitrogens with one attached hydrogen (secondary N) is 1. The van der Waals surface area contributed by atoms with Crippen LogP contribution in [-0.2, 0) is 11.3 Å². The quantitative estimate of drug-likeness (QED) is 0.873. The lowest BCUT2D eigenvalue weighted by Gasteiger charge is -2.33. The molecule has 2 rings (SSSR count). The maximum Gasteiger partial charge on any atom is 0.0534 e. The first kappa shape index (κ1) is 13.6. The van der Waals surface area contributed by atoms with E-state index in [1.54, 1.807) is 0 Å². The van der Waals surface area contributed by atoms with Crippen molar-refractivity contribution in [2.45, 2.75) is 46.2 Å². The molecule has 4 heteroatoms. The zero-order chi connectivity index (χ0) is 13.0. The van der Waals surface area contributed by atoms with Gasteiger partial charge < -0.3 is 10.1 Å². The van der Waals surface area contributed by atoms with Gasteiger partial charge in [0, 0.05) is 44.1 Å². The van der Waals surface area contributed by atoms with Crippen LogP contribution in [0.15, 0.2) is 12.4 Å². The third-order valence-electron chi connectivity index (χ3n) is 3.76. The molecule has 1 aliphatic rings. The molecular formula is C14H25N3O. The Labute approximate surface area is 110 Å². The second-order valence-electron chi connectivity index (χ2n) is 5.95. The Bertz CT molecular complexity index is 367. The van der Waals surface area contributed by atoms with Crippen molar-refractivity contribution >= 4 is 0 Å². The van der Waals surface area contributed by atoms with E-state index in [9.17, 15) is 0 Å². The molecule has 0 amide bonds. The monoisotopic (exact) mass is 251 g/mol. The highest BCUT2D eigenvalue weighted by molar-refractivity contribution is 5.04. The molecule has 0 unspecified atom stereocenters. The van der Waals surface area contributed by atoms with Crippen molar-refractivity contribution in [2.24, 2.45) is 5.41 Å². The molecule has 2 heterocycles. The predicted molar refractivity (Wildman–Crippen MR) is 72.5 cm³/mol. The highest BCUT2D eigenvalue weighted by Gasteiger charge is 2.26. The van der Waals surface area contributed by atoms with Crippen molar-refractivity contribution < 1.29 is 4.74 Å². The minimum atomic E-state index is 0.395. The van der Waals surface area contributed by atoms with E-state index >= 15 is 0 Å². The van der Waals surface area contributed by atoms with Crippen LogP contribution in [0.1, 0.15) is 45.2 Å². The molecule has 1 saturated heterocycles. The summed E-state index contributed by atoms with van der Waals surface area (Å²) in [7, 11) is 0. The van der Waals surface area contributed by atoms with Crippen LogP contribution >= 0.6 is 0 Å². The van der Waals surface area contributed by atoms with Crippen molar-refractivity contribution in [1.82, 2.24) is 15.1 Å². The van der Waals surface area contributed by atoms with Crippen molar-refractivity contribution in [3.63, 3.8) is 0 Å². The van der Waals surface area contributed by atoms with Gasteiger partial charge in [-0.2, -0.15) is 5.10 Å². The summed E-state index contributed by atoms with van der Waals surface area (Å²) in [5.41, 5.74) is 1.66. The normalized spacial score (nSPS) is 19.3. The lowest BCUT2D eigenvalue weighted by atomic mass is 9.82. The van der Waals surface area contributed by atoms with E-state index in [0.717, 1.165) is 39.1 Å². The van der Waals surface area contributed by atoms with E-state index in [1.807, 2.05) is 10.9 Å². The fourth-order valence-electron chi connectivity index (χ4n) is 2.30. The van der Waals surface area contributed by atoms with Crippen LogP contribution in [0.25, 0.3) is 0 Å². The van der Waals surface area contributed by atoms with E-state index in [2.05, 4.69) is 37.4 Å². The minimum Gasteiger partial charge on any atom is -0.381 e. The van der Waals surface area contributed by atoms with Gasteiger partial charge in [-0.15, -0.1) is 0 Å². The lowest BCUT2D eigenvalue weighted by Crippen LogP contribution is -2.36. The Morgan fingerprint density at radius 3 is 2.78 bits per heavy atom. The van der Waals surface area contributed by atoms with Gasteiger partial charge in [-0.3, -0.25) is 4.68 Å². The summed E-state index contributed by atoms with van der Waals surface area (Å²) in [6.45, 7) is 10.4. The molecule has 0 atom stereocenters. The zero-order valence-corrected chi connectivity index (χ0v) is 11.8. The zero-order valence-electron chi connectivity index (χ0n) is 11.8. The number of nitrogens with zero attached hydrogens (tertiary/aromatic N) is 2. The largest absolute Gasteiger partial charge is 0.381 e. The average Bonchev–Trinajstić information content (AvgIpc) is 2.78. The Morgan fingerprint density at radius 1 is 1.44 bits per heavy atom. The van der Waals surface area contributed by atoms with E-state index in [4.69, 9.17) is 4.74 Å². The highest BCUT2D eigenvalue weighted by Crippen LogP contribution is 2.28. The van der Waals surface area contributed by atoms with Crippen LogP contribution in [0, 0.1) is 5.41 Å². The second kappa shape index (κ2) is 5.85. The molecular weight excluding hydrogens is 226 g/mol. The summed E-state index contributed by atoms with van der Waals surface area (Å²) in [6.07, 6.45) is 6.40. The SMILES string of the molecule is CC(C)n1cc(CNCC2(C)CCOCC2)cn1. The Morgan fingerprint density at radius 2 is 2.17 bits per heavy atom. The van der Waals surface area contributed by atoms with Gasteiger partial charge in [-0.25, -0.2) is 0 Å². The molecule has 1 aromatic heterocycles. The molecule has 102 valence electrons. The molecule has 0 spiro atoms. The van der Waals surface area contributed by atoms with Gasteiger partial charge in [0.1, 0.15) is 0 Å². The second-order valence-corrected chi connectivity index (χ2v) is 5.95. The summed E-state index contributed by atoms with van der Waals surface area (Å²) in [6, 6.07) is 0.437. The molecule has 0 aliphatic carbocycles. The standard InChI is InChI=1S/C14H25N3O/c1-12(2)17-10-13(9-16-17)8-15-11-14(3)4-6-18-7-5-14/h9-10,12,15H,4-8,11H2,1-3H3. The first-order chi connectivity index (χ1) is 8.59. The minimum absolute atomic E-state index is 0.395. The first-order valence-electron chi connectivity index (χ1n) is 6.91. The molecule has 0 aromatic carbocycles. The van der Waals surface area contributed by atoms with Gasteiger partial charge >= 0.3 is 0 Å². The molecule has 1 aromatic rings. The third kappa shape index (κ3) is 3.56. The average molecular weight is 251 g/mol. The summed E-state index contributed by atoms with van der Waals surface area (Å²) >= 11 is 0. The maximum absolute atomic E-state index is 5.42. The van der Waals surface area contributed by atoms with Crippen molar-refractivity contribution in [2.75, 3.05) is 19.8 Å². The van der Waals surface area contributed by atoms with Crippen LogP contribution in [-0.4, -0.2) is 29.5 Å². The molecule has 0 saturated carbocycles. The summed E-state index contributed by atoms with van der Waals surface area (Å²) in [4.78, 5) is 0. The topological polar surface area (TPSA) is 39.1 Å². The number of aromatic nitrogens is 2. The number of ether oxygens (including phenoxy) is 1. The van der Waals surface area contributed by atoms with Crippen LogP contribution in [0.4, 0.5) is 0 Å². The molecule has 4 nitrogen and oxygen atoms in total. The van der Waals surface area contributed by atoms with Crippen LogP contribution < -0.4 is 5.32 Å². The fraction of sp³-hybridized carbons (Fsp3) is 0.786. The van der Waals surface area contributed by atoms with E-state index in [1.165, 1.54) is 5.56 Å². The first-order valence-corrected chi connectivity index (χ1v) is 6.91. The van der Waals surface area contributed by atoms with Gasteiger partial charge in [0.05, 0.1) is 6.20 Å². The Balaban J connectivity index is 1.77. The smallest absolute Gasteiger partial charge is 0.0534 e. The van der Waals surface area contributed by atoms with E-state index in [-0.39, 0.29) is 0 Å². The van der Waals surface area contributed by atoms with Gasteiger partial charge in [0.25, 0.3) is 0 Å². The van der Waals surface area contributed by atoms with E-state index < -0.39 is 0 Å². The summed E-state index contributed by atoms with van der Waals surface area (Å²) in [5, 5.41) is 7.91. The highest BCUT2D eigenvalue weighted by atomic mass is 16.5. The molecule has 1 N–H and O–H groups in total. The molecule has 1 aliphatic heterocycles. The van der Waals surface area contributed by atoms with Gasteiger partial charge in [-0.1, -0.05) is 6.92 Å². The maximum atomic E-state index is 5.42. The van der Waals surface area contributed by atoms with Crippen molar-refractivity contribution in [3.8, 4) is 0 Å². The van der Waals surface area contributed by atoms with Crippen LogP contribution in [0.5, 0.6) is 0 Å². The number of hydrogen-bond acceptors (Lipinski definition) is 3. The summed E-state index contributed by atoms with van der Waals surface area (Å²) < 4.78 is 7.43. The van der Waals surface area contributed by atoms with Crippen LogP contribution in [0.2, 0.25) is 0 Å². The predicted octanol–water partition coefficient (Wildman–Crippen LogP) is 2.37. The van der Waals surface area contributed by atoms with Gasteiger partial charge in [0.15, 0.2) is 0 Å².